The Morgan fingerprint density at radius 3 is 2.79 bits per heavy atom. The number of hydrogen-bond donors (Lipinski definition) is 3. The standard InChI is InChI=1S/C16H10ClN7O4/c17-10-3-1-7(5-9(10)16(25)26)11-4-2-8(27-11)6-19-22-13-12(18)20-14-15(21-13)24-28-23-14/h1-6H,(H,25,26)(H2,18,20,23)(H,21,22,24). The van der Waals surface area contributed by atoms with Crippen molar-refractivity contribution < 1.29 is 18.9 Å². The van der Waals surface area contributed by atoms with E-state index in [9.17, 15) is 4.79 Å². The van der Waals surface area contributed by atoms with Crippen molar-refractivity contribution in [2.45, 2.75) is 0 Å². The lowest BCUT2D eigenvalue weighted by atomic mass is 10.1. The molecule has 0 fully saturated rings. The fourth-order valence-electron chi connectivity index (χ4n) is 2.31. The summed E-state index contributed by atoms with van der Waals surface area (Å²) in [6.45, 7) is 0. The van der Waals surface area contributed by atoms with Crippen molar-refractivity contribution in [2.75, 3.05) is 11.2 Å². The van der Waals surface area contributed by atoms with Gasteiger partial charge in [-0.15, -0.1) is 0 Å². The second-order valence-corrected chi connectivity index (χ2v) is 5.85. The van der Waals surface area contributed by atoms with Gasteiger partial charge in [0, 0.05) is 5.56 Å². The number of nitrogens with two attached hydrogens (primary N) is 1. The lowest BCUT2D eigenvalue weighted by Gasteiger charge is -2.02. The molecule has 12 heteroatoms. The van der Waals surface area contributed by atoms with Crippen LogP contribution < -0.4 is 11.2 Å². The Morgan fingerprint density at radius 2 is 2.00 bits per heavy atom. The maximum absolute atomic E-state index is 11.2. The molecule has 1 aromatic carbocycles. The fraction of sp³-hybridized carbons (Fsp3) is 0. The van der Waals surface area contributed by atoms with Gasteiger partial charge in [-0.3, -0.25) is 5.43 Å². The third-order valence-corrected chi connectivity index (χ3v) is 3.94. The minimum atomic E-state index is -1.12. The van der Waals surface area contributed by atoms with Crippen LogP contribution in [0.2, 0.25) is 5.02 Å². The highest BCUT2D eigenvalue weighted by Gasteiger charge is 2.12. The summed E-state index contributed by atoms with van der Waals surface area (Å²) < 4.78 is 10.2. The van der Waals surface area contributed by atoms with Gasteiger partial charge in [0.1, 0.15) is 11.5 Å². The van der Waals surface area contributed by atoms with Gasteiger partial charge >= 0.3 is 5.97 Å². The van der Waals surface area contributed by atoms with Crippen molar-refractivity contribution in [3.63, 3.8) is 0 Å². The van der Waals surface area contributed by atoms with E-state index >= 15 is 0 Å². The Bertz CT molecular complexity index is 1220. The molecular weight excluding hydrogens is 390 g/mol. The van der Waals surface area contributed by atoms with Crippen LogP contribution in [-0.2, 0) is 0 Å². The molecule has 0 atom stereocenters. The Morgan fingerprint density at radius 1 is 1.21 bits per heavy atom. The smallest absolute Gasteiger partial charge is 0.337 e. The average molecular weight is 400 g/mol. The normalized spacial score (nSPS) is 11.3. The molecule has 0 amide bonds. The summed E-state index contributed by atoms with van der Waals surface area (Å²) in [5.74, 6) is -0.0136. The molecule has 0 radical (unpaired) electrons. The first-order chi connectivity index (χ1) is 13.5. The molecule has 4 N–H and O–H groups in total. The van der Waals surface area contributed by atoms with Gasteiger partial charge in [-0.2, -0.15) is 10.1 Å². The van der Waals surface area contributed by atoms with Gasteiger partial charge in [0.15, 0.2) is 11.6 Å². The van der Waals surface area contributed by atoms with Crippen molar-refractivity contribution in [1.82, 2.24) is 20.3 Å². The second kappa shape index (κ2) is 6.96. The molecule has 0 aliphatic heterocycles. The predicted octanol–water partition coefficient (Wildman–Crippen LogP) is 2.65. The lowest BCUT2D eigenvalue weighted by molar-refractivity contribution is 0.0697. The number of furan rings is 1. The number of nitrogens with one attached hydrogen (secondary N) is 1. The molecule has 0 aliphatic carbocycles. The largest absolute Gasteiger partial charge is 0.478 e. The Hall–Kier alpha value is -3.99. The minimum absolute atomic E-state index is 0.0146. The van der Waals surface area contributed by atoms with Crippen molar-refractivity contribution in [1.29, 1.82) is 0 Å². The van der Waals surface area contributed by atoms with Crippen LogP contribution in [0.3, 0.4) is 0 Å². The third kappa shape index (κ3) is 3.33. The van der Waals surface area contributed by atoms with Crippen molar-refractivity contribution in [3.8, 4) is 11.3 Å². The number of anilines is 2. The molecule has 4 rings (SSSR count). The molecule has 4 aromatic rings. The summed E-state index contributed by atoms with van der Waals surface area (Å²) >= 11 is 5.88. The highest BCUT2D eigenvalue weighted by Crippen LogP contribution is 2.26. The first kappa shape index (κ1) is 17.4. The van der Waals surface area contributed by atoms with E-state index in [-0.39, 0.29) is 33.5 Å². The third-order valence-electron chi connectivity index (χ3n) is 3.61. The van der Waals surface area contributed by atoms with E-state index in [4.69, 9.17) is 26.9 Å². The topological polar surface area (TPSA) is 166 Å². The van der Waals surface area contributed by atoms with E-state index in [2.05, 4.69) is 35.4 Å². The minimum Gasteiger partial charge on any atom is -0.478 e. The van der Waals surface area contributed by atoms with Crippen LogP contribution in [0.1, 0.15) is 16.1 Å². The van der Waals surface area contributed by atoms with E-state index < -0.39 is 5.97 Å². The maximum atomic E-state index is 11.2. The van der Waals surface area contributed by atoms with Gasteiger partial charge in [-0.25, -0.2) is 14.4 Å². The SMILES string of the molecule is Nc1nc2nonc2nc1NN=Cc1ccc(-c2ccc(Cl)c(C(=O)O)c2)o1. The number of carboxylic acids is 1. The van der Waals surface area contributed by atoms with Crippen molar-refractivity contribution >= 4 is 46.7 Å². The summed E-state index contributed by atoms with van der Waals surface area (Å²) in [7, 11) is 0. The number of benzene rings is 1. The Labute approximate surface area is 160 Å². The van der Waals surface area contributed by atoms with Crippen LogP contribution in [0.15, 0.2) is 44.5 Å². The van der Waals surface area contributed by atoms with Crippen LogP contribution in [0, 0.1) is 0 Å². The van der Waals surface area contributed by atoms with E-state index in [1.54, 1.807) is 18.2 Å². The number of aromatic carboxylic acids is 1. The van der Waals surface area contributed by atoms with E-state index in [0.29, 0.717) is 17.1 Å². The molecule has 3 heterocycles. The molecule has 0 bridgehead atoms. The van der Waals surface area contributed by atoms with Crippen LogP contribution >= 0.6 is 11.6 Å². The highest BCUT2D eigenvalue weighted by atomic mass is 35.5. The molecule has 3 aromatic heterocycles. The number of nitrogens with zero attached hydrogens (tertiary/aromatic N) is 5. The number of carbonyl (C=O) groups is 1. The van der Waals surface area contributed by atoms with Gasteiger partial charge < -0.3 is 15.3 Å². The summed E-state index contributed by atoms with van der Waals surface area (Å²) in [6.07, 6.45) is 1.39. The zero-order valence-electron chi connectivity index (χ0n) is 13.8. The molecule has 0 unspecified atom stereocenters. The number of rotatable bonds is 5. The molecule has 140 valence electrons. The summed E-state index contributed by atoms with van der Waals surface area (Å²) in [5, 5.41) is 20.4. The van der Waals surface area contributed by atoms with Crippen LogP contribution in [0.5, 0.6) is 0 Å². The average Bonchev–Trinajstić information content (AvgIpc) is 3.31. The summed E-state index contributed by atoms with van der Waals surface area (Å²) in [6, 6.07) is 7.92. The van der Waals surface area contributed by atoms with Crippen LogP contribution in [-0.4, -0.2) is 37.6 Å². The van der Waals surface area contributed by atoms with E-state index in [0.717, 1.165) is 0 Å². The quantitative estimate of drug-likeness (QED) is 0.335. The first-order valence-electron chi connectivity index (χ1n) is 7.69. The van der Waals surface area contributed by atoms with Gasteiger partial charge in [-0.05, 0) is 40.6 Å². The van der Waals surface area contributed by atoms with Gasteiger partial charge in [0.25, 0.3) is 0 Å². The van der Waals surface area contributed by atoms with E-state index in [1.807, 2.05) is 0 Å². The van der Waals surface area contributed by atoms with Crippen molar-refractivity contribution in [2.24, 2.45) is 5.10 Å². The molecule has 28 heavy (non-hydrogen) atoms. The van der Waals surface area contributed by atoms with Gasteiger partial charge in [0.05, 0.1) is 16.8 Å². The number of hydrogen-bond acceptors (Lipinski definition) is 10. The fourth-order valence-corrected chi connectivity index (χ4v) is 2.51. The predicted molar refractivity (Wildman–Crippen MR) is 99.1 cm³/mol. The number of halogens is 1. The zero-order chi connectivity index (χ0) is 19.7. The van der Waals surface area contributed by atoms with Gasteiger partial charge in [0.2, 0.25) is 11.3 Å². The van der Waals surface area contributed by atoms with Crippen LogP contribution in [0.25, 0.3) is 22.6 Å². The Kier molecular flexibility index (Phi) is 4.33. The number of carboxylic acid groups (broad SMARTS) is 1. The molecule has 11 nitrogen and oxygen atoms in total. The van der Waals surface area contributed by atoms with Crippen LogP contribution in [0.4, 0.5) is 11.6 Å². The molecule has 0 spiro atoms. The highest BCUT2D eigenvalue weighted by molar-refractivity contribution is 6.33. The molecular formula is C16H10ClN7O4. The maximum Gasteiger partial charge on any atom is 0.337 e. The summed E-state index contributed by atoms with van der Waals surface area (Å²) in [4.78, 5) is 19.2. The monoisotopic (exact) mass is 399 g/mol. The first-order valence-corrected chi connectivity index (χ1v) is 8.07. The molecule has 0 saturated heterocycles. The zero-order valence-corrected chi connectivity index (χ0v) is 14.6. The molecule has 0 aliphatic rings. The molecule has 0 saturated carbocycles. The van der Waals surface area contributed by atoms with E-state index in [1.165, 1.54) is 18.3 Å². The number of nitrogen functional groups attached to an aromatic ring is 1. The number of hydrazone groups is 1. The Balaban J connectivity index is 1.52. The summed E-state index contributed by atoms with van der Waals surface area (Å²) in [5.41, 5.74) is 9.30. The number of aromatic nitrogens is 4. The van der Waals surface area contributed by atoms with Crippen molar-refractivity contribution in [3.05, 3.63) is 46.7 Å². The van der Waals surface area contributed by atoms with Gasteiger partial charge in [-0.1, -0.05) is 11.6 Å². The second-order valence-electron chi connectivity index (χ2n) is 5.44. The number of fused-ring (bicyclic) bond motifs is 1. The lowest BCUT2D eigenvalue weighted by Crippen LogP contribution is -2.02.